The zero-order chi connectivity index (χ0) is 13.5. The van der Waals surface area contributed by atoms with Crippen LogP contribution in [0.2, 0.25) is 0 Å². The van der Waals surface area contributed by atoms with E-state index in [4.69, 9.17) is 5.11 Å². The molecule has 0 aromatic carbocycles. The van der Waals surface area contributed by atoms with Gasteiger partial charge in [-0.2, -0.15) is 0 Å². The Kier molecular flexibility index (Phi) is 6.36. The molecule has 1 rings (SSSR count). The summed E-state index contributed by atoms with van der Waals surface area (Å²) in [5, 5.41) is 12.0. The van der Waals surface area contributed by atoms with Crippen LogP contribution in [0, 0.1) is 18.8 Å². The lowest BCUT2D eigenvalue weighted by atomic mass is 9.94. The minimum atomic E-state index is -0.000189. The monoisotopic (exact) mass is 269 g/mol. The highest BCUT2D eigenvalue weighted by molar-refractivity contribution is 7.13. The number of rotatable bonds is 7. The number of carbonyl (C=O) groups excluding carboxylic acids is 1. The van der Waals surface area contributed by atoms with Crippen LogP contribution < -0.4 is 5.32 Å². The first-order valence-corrected chi connectivity index (χ1v) is 7.30. The highest BCUT2D eigenvalue weighted by Gasteiger charge is 2.13. The van der Waals surface area contributed by atoms with Crippen LogP contribution in [0.3, 0.4) is 0 Å². The summed E-state index contributed by atoms with van der Waals surface area (Å²) in [4.78, 5) is 13.8. The Morgan fingerprint density at radius 3 is 2.67 bits per heavy atom. The molecule has 3 nitrogen and oxygen atoms in total. The van der Waals surface area contributed by atoms with Crippen LogP contribution in [0.5, 0.6) is 0 Å². The second kappa shape index (κ2) is 7.54. The van der Waals surface area contributed by atoms with Crippen molar-refractivity contribution in [3.8, 4) is 0 Å². The fourth-order valence-corrected chi connectivity index (χ4v) is 2.82. The minimum absolute atomic E-state index is 0.000189. The van der Waals surface area contributed by atoms with Crippen LogP contribution in [-0.4, -0.2) is 24.2 Å². The van der Waals surface area contributed by atoms with Gasteiger partial charge in [0.1, 0.15) is 0 Å². The van der Waals surface area contributed by atoms with Crippen LogP contribution in [0.25, 0.3) is 0 Å². The first-order valence-electron chi connectivity index (χ1n) is 6.48. The van der Waals surface area contributed by atoms with Crippen molar-refractivity contribution in [3.05, 3.63) is 21.9 Å². The SMILES string of the molecule is Cc1ccc(C(=O)NCC(CCO)CC(C)C)s1. The van der Waals surface area contributed by atoms with Gasteiger partial charge in [0.05, 0.1) is 4.88 Å². The molecule has 1 aromatic rings. The Bertz CT molecular complexity index is 374. The van der Waals surface area contributed by atoms with E-state index in [0.717, 1.165) is 22.6 Å². The summed E-state index contributed by atoms with van der Waals surface area (Å²) >= 11 is 1.51. The Hall–Kier alpha value is -0.870. The van der Waals surface area contributed by atoms with E-state index in [-0.39, 0.29) is 12.5 Å². The lowest BCUT2D eigenvalue weighted by Crippen LogP contribution is -2.29. The first-order chi connectivity index (χ1) is 8.52. The van der Waals surface area contributed by atoms with Gasteiger partial charge in [-0.25, -0.2) is 0 Å². The molecule has 0 aliphatic heterocycles. The maximum absolute atomic E-state index is 11.9. The molecule has 1 heterocycles. The van der Waals surface area contributed by atoms with E-state index in [2.05, 4.69) is 19.2 Å². The van der Waals surface area contributed by atoms with Crippen molar-refractivity contribution >= 4 is 17.2 Å². The van der Waals surface area contributed by atoms with E-state index in [1.807, 2.05) is 19.1 Å². The largest absolute Gasteiger partial charge is 0.396 e. The molecule has 0 saturated heterocycles. The van der Waals surface area contributed by atoms with E-state index >= 15 is 0 Å². The number of hydrogen-bond acceptors (Lipinski definition) is 3. The van der Waals surface area contributed by atoms with Gasteiger partial charge in [0.2, 0.25) is 0 Å². The summed E-state index contributed by atoms with van der Waals surface area (Å²) in [5.41, 5.74) is 0. The number of aliphatic hydroxyl groups is 1. The minimum Gasteiger partial charge on any atom is -0.396 e. The Labute approximate surface area is 113 Å². The normalized spacial score (nSPS) is 12.7. The Balaban J connectivity index is 2.43. The molecule has 4 heteroatoms. The second-order valence-corrected chi connectivity index (χ2v) is 6.42. The molecule has 1 atom stereocenters. The van der Waals surface area contributed by atoms with Crippen molar-refractivity contribution in [2.75, 3.05) is 13.2 Å². The quantitative estimate of drug-likeness (QED) is 0.799. The predicted octanol–water partition coefficient (Wildman–Crippen LogP) is 2.83. The maximum atomic E-state index is 11.9. The molecule has 1 aromatic heterocycles. The number of aryl methyl sites for hydroxylation is 1. The van der Waals surface area contributed by atoms with Gasteiger partial charge in [0.25, 0.3) is 5.91 Å². The maximum Gasteiger partial charge on any atom is 0.261 e. The molecule has 2 N–H and O–H groups in total. The molecule has 102 valence electrons. The van der Waals surface area contributed by atoms with Gasteiger partial charge in [-0.3, -0.25) is 4.79 Å². The lowest BCUT2D eigenvalue weighted by Gasteiger charge is -2.18. The van der Waals surface area contributed by atoms with Gasteiger partial charge in [0, 0.05) is 18.0 Å². The molecular formula is C14H23NO2S. The van der Waals surface area contributed by atoms with Crippen molar-refractivity contribution in [2.45, 2.75) is 33.6 Å². The summed E-state index contributed by atoms with van der Waals surface area (Å²) in [6.07, 6.45) is 1.78. The standard InChI is InChI=1S/C14H23NO2S/c1-10(2)8-12(6-7-16)9-15-14(17)13-5-4-11(3)18-13/h4-5,10,12,16H,6-9H2,1-3H3,(H,15,17). The summed E-state index contributed by atoms with van der Waals surface area (Å²) in [5.74, 6) is 0.947. The fraction of sp³-hybridized carbons (Fsp3) is 0.643. The van der Waals surface area contributed by atoms with Crippen LogP contribution in [0.1, 0.15) is 41.2 Å². The van der Waals surface area contributed by atoms with Crippen molar-refractivity contribution in [2.24, 2.45) is 11.8 Å². The average molecular weight is 269 g/mol. The fourth-order valence-electron chi connectivity index (χ4n) is 2.03. The number of amides is 1. The molecular weight excluding hydrogens is 246 g/mol. The third-order valence-electron chi connectivity index (χ3n) is 2.86. The predicted molar refractivity (Wildman–Crippen MR) is 76.0 cm³/mol. The third kappa shape index (κ3) is 5.19. The molecule has 0 radical (unpaired) electrons. The van der Waals surface area contributed by atoms with Crippen LogP contribution in [0.4, 0.5) is 0 Å². The van der Waals surface area contributed by atoms with Gasteiger partial charge in [-0.05, 0) is 43.7 Å². The number of aliphatic hydroxyl groups excluding tert-OH is 1. The van der Waals surface area contributed by atoms with E-state index < -0.39 is 0 Å². The molecule has 1 unspecified atom stereocenters. The van der Waals surface area contributed by atoms with Crippen molar-refractivity contribution in [1.29, 1.82) is 0 Å². The molecule has 1 amide bonds. The van der Waals surface area contributed by atoms with E-state index in [9.17, 15) is 4.79 Å². The average Bonchev–Trinajstić information content (AvgIpc) is 2.72. The third-order valence-corrected chi connectivity index (χ3v) is 3.86. The molecule has 0 fully saturated rings. The number of hydrogen-bond donors (Lipinski definition) is 2. The Morgan fingerprint density at radius 1 is 1.44 bits per heavy atom. The molecule has 0 bridgehead atoms. The van der Waals surface area contributed by atoms with Gasteiger partial charge < -0.3 is 10.4 Å². The number of carbonyl (C=O) groups is 1. The highest BCUT2D eigenvalue weighted by atomic mass is 32.1. The smallest absolute Gasteiger partial charge is 0.261 e. The molecule has 0 spiro atoms. The first kappa shape index (κ1) is 15.2. The summed E-state index contributed by atoms with van der Waals surface area (Å²) in [6.45, 7) is 7.15. The van der Waals surface area contributed by atoms with Crippen LogP contribution in [-0.2, 0) is 0 Å². The van der Waals surface area contributed by atoms with Crippen LogP contribution in [0.15, 0.2) is 12.1 Å². The van der Waals surface area contributed by atoms with Crippen molar-refractivity contribution in [1.82, 2.24) is 5.32 Å². The van der Waals surface area contributed by atoms with Gasteiger partial charge >= 0.3 is 0 Å². The zero-order valence-corrected chi connectivity index (χ0v) is 12.2. The van der Waals surface area contributed by atoms with E-state index in [1.165, 1.54) is 11.3 Å². The molecule has 0 aliphatic rings. The van der Waals surface area contributed by atoms with Crippen molar-refractivity contribution < 1.29 is 9.90 Å². The number of nitrogens with one attached hydrogen (secondary N) is 1. The van der Waals surface area contributed by atoms with E-state index in [1.54, 1.807) is 0 Å². The second-order valence-electron chi connectivity index (χ2n) is 5.13. The van der Waals surface area contributed by atoms with Gasteiger partial charge in [-0.15, -0.1) is 11.3 Å². The highest BCUT2D eigenvalue weighted by Crippen LogP contribution is 2.17. The van der Waals surface area contributed by atoms with Gasteiger partial charge in [0.15, 0.2) is 0 Å². The molecule has 0 aliphatic carbocycles. The summed E-state index contributed by atoms with van der Waals surface area (Å²) < 4.78 is 0. The van der Waals surface area contributed by atoms with Crippen molar-refractivity contribution in [3.63, 3.8) is 0 Å². The van der Waals surface area contributed by atoms with Gasteiger partial charge in [-0.1, -0.05) is 13.8 Å². The topological polar surface area (TPSA) is 49.3 Å². The summed E-state index contributed by atoms with van der Waals surface area (Å²) in [7, 11) is 0. The Morgan fingerprint density at radius 2 is 2.17 bits per heavy atom. The summed E-state index contributed by atoms with van der Waals surface area (Å²) in [6, 6.07) is 3.82. The van der Waals surface area contributed by atoms with E-state index in [0.29, 0.717) is 18.4 Å². The zero-order valence-electron chi connectivity index (χ0n) is 11.4. The van der Waals surface area contributed by atoms with Crippen LogP contribution >= 0.6 is 11.3 Å². The lowest BCUT2D eigenvalue weighted by molar-refractivity contribution is 0.0945. The number of thiophene rings is 1. The molecule has 0 saturated carbocycles. The molecule has 18 heavy (non-hydrogen) atoms.